The van der Waals surface area contributed by atoms with E-state index in [0.29, 0.717) is 36.2 Å². The number of carbonyl (C=O) groups is 1. The zero-order chi connectivity index (χ0) is 22.5. The lowest BCUT2D eigenvalue weighted by Gasteiger charge is -2.32. The number of rotatable bonds is 6. The molecule has 0 saturated carbocycles. The van der Waals surface area contributed by atoms with Crippen molar-refractivity contribution in [3.63, 3.8) is 0 Å². The highest BCUT2D eigenvalue weighted by Crippen LogP contribution is 2.22. The number of aromatic nitrogens is 2. The largest absolute Gasteiger partial charge is 0.497 e. The first-order chi connectivity index (χ1) is 15.5. The number of anilines is 1. The zero-order valence-corrected chi connectivity index (χ0v) is 18.6. The van der Waals surface area contributed by atoms with Gasteiger partial charge in [0, 0.05) is 36.6 Å². The van der Waals surface area contributed by atoms with Gasteiger partial charge in [-0.15, -0.1) is 5.10 Å². The van der Waals surface area contributed by atoms with Crippen LogP contribution in [-0.2, 0) is 11.3 Å². The van der Waals surface area contributed by atoms with Gasteiger partial charge >= 0.3 is 0 Å². The minimum Gasteiger partial charge on any atom is -0.497 e. The van der Waals surface area contributed by atoms with Crippen LogP contribution in [0.25, 0.3) is 5.69 Å². The van der Waals surface area contributed by atoms with Crippen LogP contribution >= 0.6 is 11.6 Å². The fraction of sp³-hybridized carbons (Fsp3) is 0.292. The molecule has 0 aliphatic carbocycles. The molecule has 32 heavy (non-hydrogen) atoms. The fourth-order valence-corrected chi connectivity index (χ4v) is 4.00. The van der Waals surface area contributed by atoms with Crippen LogP contribution in [0.15, 0.2) is 65.5 Å². The van der Waals surface area contributed by atoms with Gasteiger partial charge in [-0.3, -0.25) is 9.59 Å². The van der Waals surface area contributed by atoms with Crippen LogP contribution in [0.2, 0.25) is 5.02 Å². The number of nitrogens with zero attached hydrogens (tertiary/aromatic N) is 3. The summed E-state index contributed by atoms with van der Waals surface area (Å²) >= 11 is 6.06. The van der Waals surface area contributed by atoms with Crippen LogP contribution in [0.3, 0.4) is 0 Å². The van der Waals surface area contributed by atoms with E-state index in [-0.39, 0.29) is 17.4 Å². The predicted octanol–water partition coefficient (Wildman–Crippen LogP) is 3.43. The van der Waals surface area contributed by atoms with E-state index in [1.165, 1.54) is 10.7 Å². The summed E-state index contributed by atoms with van der Waals surface area (Å²) in [5, 5.41) is 8.10. The molecule has 2 aromatic carbocycles. The smallest absolute Gasteiger partial charge is 0.271 e. The lowest BCUT2D eigenvalue weighted by atomic mass is 9.96. The number of nitrogens with one attached hydrogen (secondary N) is 1. The van der Waals surface area contributed by atoms with Gasteiger partial charge < -0.3 is 15.0 Å². The molecule has 0 spiro atoms. The first-order valence-electron chi connectivity index (χ1n) is 10.6. The number of piperidine rings is 1. The quantitative estimate of drug-likeness (QED) is 0.620. The molecule has 0 unspecified atom stereocenters. The second kappa shape index (κ2) is 9.87. The molecular weight excluding hydrogens is 428 g/mol. The molecule has 8 heteroatoms. The highest BCUT2D eigenvalue weighted by atomic mass is 35.5. The monoisotopic (exact) mass is 452 g/mol. The van der Waals surface area contributed by atoms with Crippen molar-refractivity contribution >= 4 is 23.3 Å². The van der Waals surface area contributed by atoms with Gasteiger partial charge in [0.1, 0.15) is 11.6 Å². The summed E-state index contributed by atoms with van der Waals surface area (Å²) in [7, 11) is 1.63. The second-order valence-corrected chi connectivity index (χ2v) is 8.19. The van der Waals surface area contributed by atoms with Crippen LogP contribution in [-0.4, -0.2) is 35.9 Å². The van der Waals surface area contributed by atoms with E-state index in [2.05, 4.69) is 15.3 Å². The first-order valence-corrected chi connectivity index (χ1v) is 10.9. The summed E-state index contributed by atoms with van der Waals surface area (Å²) < 4.78 is 6.51. The van der Waals surface area contributed by atoms with Gasteiger partial charge in [0.15, 0.2) is 0 Å². The summed E-state index contributed by atoms with van der Waals surface area (Å²) in [4.78, 5) is 27.0. The third kappa shape index (κ3) is 5.11. The maximum atomic E-state index is 12.6. The molecule has 166 valence electrons. The average molecular weight is 453 g/mol. The van der Waals surface area contributed by atoms with E-state index in [0.717, 1.165) is 24.2 Å². The molecular formula is C24H25ClN4O3. The van der Waals surface area contributed by atoms with Crippen LogP contribution in [0, 0.1) is 5.92 Å². The maximum absolute atomic E-state index is 12.6. The van der Waals surface area contributed by atoms with E-state index in [4.69, 9.17) is 16.3 Å². The fourth-order valence-electron chi connectivity index (χ4n) is 3.81. The van der Waals surface area contributed by atoms with Crippen molar-refractivity contribution in [1.29, 1.82) is 0 Å². The highest BCUT2D eigenvalue weighted by Gasteiger charge is 2.25. The summed E-state index contributed by atoms with van der Waals surface area (Å²) in [5.41, 5.74) is 1.44. The Hall–Kier alpha value is -3.32. The number of methoxy groups -OCH3 is 1. The van der Waals surface area contributed by atoms with Gasteiger partial charge in [0.2, 0.25) is 5.91 Å². The molecule has 1 aliphatic rings. The molecule has 1 N–H and O–H groups in total. The maximum Gasteiger partial charge on any atom is 0.271 e. The third-order valence-corrected chi connectivity index (χ3v) is 5.89. The van der Waals surface area contributed by atoms with Crippen molar-refractivity contribution in [3.8, 4) is 11.4 Å². The van der Waals surface area contributed by atoms with Gasteiger partial charge in [0.05, 0.1) is 12.8 Å². The van der Waals surface area contributed by atoms with Crippen LogP contribution in [0.1, 0.15) is 18.4 Å². The minimum atomic E-state index is -0.219. The third-order valence-electron chi connectivity index (χ3n) is 5.65. The number of benzene rings is 2. The molecule has 0 bridgehead atoms. The van der Waals surface area contributed by atoms with Crippen LogP contribution in [0.5, 0.6) is 5.75 Å². The molecule has 1 aliphatic heterocycles. The molecule has 1 amide bonds. The topological polar surface area (TPSA) is 76.5 Å². The van der Waals surface area contributed by atoms with Crippen LogP contribution in [0.4, 0.5) is 5.82 Å². The van der Waals surface area contributed by atoms with Gasteiger partial charge in [-0.25, -0.2) is 0 Å². The van der Waals surface area contributed by atoms with E-state index in [9.17, 15) is 9.59 Å². The van der Waals surface area contributed by atoms with E-state index >= 15 is 0 Å². The number of ether oxygens (including phenoxy) is 1. The van der Waals surface area contributed by atoms with Crippen LogP contribution < -0.4 is 20.5 Å². The van der Waals surface area contributed by atoms with Crippen molar-refractivity contribution in [2.45, 2.75) is 19.4 Å². The number of halogens is 1. The van der Waals surface area contributed by atoms with Gasteiger partial charge in [0.25, 0.3) is 5.56 Å². The van der Waals surface area contributed by atoms with Crippen molar-refractivity contribution < 1.29 is 9.53 Å². The first kappa shape index (κ1) is 21.9. The van der Waals surface area contributed by atoms with Crippen molar-refractivity contribution in [2.24, 2.45) is 5.92 Å². The molecule has 0 radical (unpaired) electrons. The Morgan fingerprint density at radius 3 is 2.56 bits per heavy atom. The minimum absolute atomic E-state index is 0.0386. The molecule has 0 atom stereocenters. The Kier molecular flexibility index (Phi) is 6.75. The molecule has 4 rings (SSSR count). The van der Waals surface area contributed by atoms with Crippen molar-refractivity contribution in [1.82, 2.24) is 15.1 Å². The molecule has 3 aromatic rings. The van der Waals surface area contributed by atoms with Gasteiger partial charge in [-0.1, -0.05) is 29.8 Å². The molecule has 1 fully saturated rings. The number of carbonyl (C=O) groups excluding carboxylic acids is 1. The van der Waals surface area contributed by atoms with Crippen molar-refractivity contribution in [3.05, 3.63) is 81.6 Å². The molecule has 1 saturated heterocycles. The summed E-state index contributed by atoms with van der Waals surface area (Å²) in [5.74, 6) is 1.53. The Labute approximate surface area is 191 Å². The standard InChI is InChI=1S/C24H25ClN4O3/c1-32-21-7-5-17(6-8-21)16-26-24(31)18-11-13-28(14-12-18)22-9-10-23(30)29(27-22)20-4-2-3-19(25)15-20/h2-10,15,18H,11-14,16H2,1H3,(H,26,31). The summed E-state index contributed by atoms with van der Waals surface area (Å²) in [6, 6.07) is 17.9. The Morgan fingerprint density at radius 2 is 1.88 bits per heavy atom. The Morgan fingerprint density at radius 1 is 1.12 bits per heavy atom. The van der Waals surface area contributed by atoms with E-state index < -0.39 is 0 Å². The summed E-state index contributed by atoms with van der Waals surface area (Å²) in [6.45, 7) is 1.89. The molecule has 7 nitrogen and oxygen atoms in total. The van der Waals surface area contributed by atoms with E-state index in [1.807, 2.05) is 24.3 Å². The average Bonchev–Trinajstić information content (AvgIpc) is 2.83. The SMILES string of the molecule is COc1ccc(CNC(=O)C2CCN(c3ccc(=O)n(-c4cccc(Cl)c4)n3)CC2)cc1. The second-order valence-electron chi connectivity index (χ2n) is 7.75. The highest BCUT2D eigenvalue weighted by molar-refractivity contribution is 6.30. The lowest BCUT2D eigenvalue weighted by Crippen LogP contribution is -2.41. The number of hydrogen-bond donors (Lipinski definition) is 1. The Balaban J connectivity index is 1.35. The van der Waals surface area contributed by atoms with Crippen molar-refractivity contribution in [2.75, 3.05) is 25.1 Å². The number of amides is 1. The van der Waals surface area contributed by atoms with Gasteiger partial charge in [-0.2, -0.15) is 4.68 Å². The Bertz CT molecular complexity index is 1140. The normalized spacial score (nSPS) is 14.2. The predicted molar refractivity (Wildman–Crippen MR) is 125 cm³/mol. The summed E-state index contributed by atoms with van der Waals surface area (Å²) in [6.07, 6.45) is 1.46. The lowest BCUT2D eigenvalue weighted by molar-refractivity contribution is -0.125. The molecule has 1 aromatic heterocycles. The van der Waals surface area contributed by atoms with Gasteiger partial charge in [-0.05, 0) is 54.8 Å². The number of hydrogen-bond acceptors (Lipinski definition) is 5. The zero-order valence-electron chi connectivity index (χ0n) is 17.8. The molecule has 2 heterocycles. The van der Waals surface area contributed by atoms with E-state index in [1.54, 1.807) is 37.4 Å².